The lowest BCUT2D eigenvalue weighted by Crippen LogP contribution is -2.25. The molecule has 26 heavy (non-hydrogen) atoms. The molecule has 0 atom stereocenters. The third kappa shape index (κ3) is 6.69. The lowest BCUT2D eigenvalue weighted by atomic mass is 10.1. The molecule has 2 aromatic rings. The molecule has 2 N–H and O–H groups in total. The maximum atomic E-state index is 12.1. The molecule has 0 bridgehead atoms. The van der Waals surface area contributed by atoms with Gasteiger partial charge in [0.1, 0.15) is 0 Å². The maximum absolute atomic E-state index is 12.1. The van der Waals surface area contributed by atoms with E-state index in [1.54, 1.807) is 24.3 Å². The van der Waals surface area contributed by atoms with Gasteiger partial charge in [-0.15, -0.1) is 0 Å². The molecule has 0 saturated heterocycles. The van der Waals surface area contributed by atoms with Gasteiger partial charge in [0.25, 0.3) is 11.8 Å². The van der Waals surface area contributed by atoms with Crippen LogP contribution in [0.1, 0.15) is 46.5 Å². The van der Waals surface area contributed by atoms with Gasteiger partial charge in [-0.05, 0) is 50.1 Å². The molecular formula is C21H26N2O3. The van der Waals surface area contributed by atoms with Crippen LogP contribution in [0, 0.1) is 0 Å². The molecule has 5 heteroatoms. The number of amides is 2. The second kappa shape index (κ2) is 10.4. The predicted molar refractivity (Wildman–Crippen MR) is 102 cm³/mol. The van der Waals surface area contributed by atoms with Crippen LogP contribution in [0.4, 0.5) is 0 Å². The Bertz CT molecular complexity index is 697. The normalized spacial score (nSPS) is 10.6. The van der Waals surface area contributed by atoms with Crippen LogP contribution in [0.5, 0.6) is 0 Å². The molecule has 0 heterocycles. The Morgan fingerprint density at radius 2 is 1.50 bits per heavy atom. The summed E-state index contributed by atoms with van der Waals surface area (Å²) in [4.78, 5) is 24.1. The Morgan fingerprint density at radius 1 is 0.885 bits per heavy atom. The van der Waals surface area contributed by atoms with E-state index in [0.717, 1.165) is 12.0 Å². The SMILES string of the molecule is CC(C)OCCCNC(=O)c1ccc(CNC(=O)c2ccccc2)cc1. The molecule has 0 spiro atoms. The lowest BCUT2D eigenvalue weighted by molar-refractivity contribution is 0.0757. The Balaban J connectivity index is 1.75. The summed E-state index contributed by atoms with van der Waals surface area (Å²) in [5, 5.41) is 5.74. The van der Waals surface area contributed by atoms with E-state index in [0.29, 0.717) is 30.8 Å². The van der Waals surface area contributed by atoms with E-state index in [-0.39, 0.29) is 17.9 Å². The van der Waals surface area contributed by atoms with Crippen molar-refractivity contribution in [1.82, 2.24) is 10.6 Å². The van der Waals surface area contributed by atoms with Crippen molar-refractivity contribution in [2.45, 2.75) is 32.9 Å². The summed E-state index contributed by atoms with van der Waals surface area (Å²) in [6.07, 6.45) is 0.994. The predicted octanol–water partition coefficient (Wildman–Crippen LogP) is 3.16. The smallest absolute Gasteiger partial charge is 0.251 e. The maximum Gasteiger partial charge on any atom is 0.251 e. The van der Waals surface area contributed by atoms with E-state index in [2.05, 4.69) is 10.6 Å². The Morgan fingerprint density at radius 3 is 2.15 bits per heavy atom. The molecule has 2 rings (SSSR count). The van der Waals surface area contributed by atoms with Crippen LogP contribution >= 0.6 is 0 Å². The standard InChI is InChI=1S/C21H26N2O3/c1-16(2)26-14-6-13-22-20(24)19-11-9-17(10-12-19)15-23-21(25)18-7-4-3-5-8-18/h3-5,7-12,16H,6,13-15H2,1-2H3,(H,22,24)(H,23,25). The summed E-state index contributed by atoms with van der Waals surface area (Å²) in [6.45, 7) is 5.62. The second-order valence-corrected chi connectivity index (χ2v) is 6.27. The molecule has 0 fully saturated rings. The Hall–Kier alpha value is -2.66. The van der Waals surface area contributed by atoms with Crippen LogP contribution < -0.4 is 10.6 Å². The number of rotatable bonds is 9. The largest absolute Gasteiger partial charge is 0.379 e. The first-order valence-electron chi connectivity index (χ1n) is 8.88. The average Bonchev–Trinajstić information content (AvgIpc) is 2.66. The van der Waals surface area contributed by atoms with Gasteiger partial charge in [0.15, 0.2) is 0 Å². The van der Waals surface area contributed by atoms with Crippen LogP contribution in [0.2, 0.25) is 0 Å². The zero-order chi connectivity index (χ0) is 18.8. The minimum absolute atomic E-state index is 0.102. The molecule has 0 saturated carbocycles. The van der Waals surface area contributed by atoms with Crippen LogP contribution in [-0.2, 0) is 11.3 Å². The third-order valence-corrected chi connectivity index (χ3v) is 3.76. The van der Waals surface area contributed by atoms with Gasteiger partial charge in [-0.1, -0.05) is 30.3 Å². The molecule has 2 amide bonds. The Kier molecular flexibility index (Phi) is 7.83. The summed E-state index contributed by atoms with van der Waals surface area (Å²) < 4.78 is 5.44. The van der Waals surface area contributed by atoms with Crippen molar-refractivity contribution in [3.63, 3.8) is 0 Å². The number of nitrogens with one attached hydrogen (secondary N) is 2. The summed E-state index contributed by atoms with van der Waals surface area (Å²) in [5.41, 5.74) is 2.18. The molecule has 0 unspecified atom stereocenters. The highest BCUT2D eigenvalue weighted by Crippen LogP contribution is 2.05. The van der Waals surface area contributed by atoms with Gasteiger partial charge in [0.05, 0.1) is 6.10 Å². The van der Waals surface area contributed by atoms with Gasteiger partial charge < -0.3 is 15.4 Å². The van der Waals surface area contributed by atoms with Crippen molar-refractivity contribution in [1.29, 1.82) is 0 Å². The van der Waals surface area contributed by atoms with Crippen molar-refractivity contribution in [2.24, 2.45) is 0 Å². The zero-order valence-electron chi connectivity index (χ0n) is 15.3. The van der Waals surface area contributed by atoms with Gasteiger partial charge in [-0.2, -0.15) is 0 Å². The molecule has 0 radical (unpaired) electrons. The van der Waals surface area contributed by atoms with Crippen LogP contribution in [0.3, 0.4) is 0 Å². The van der Waals surface area contributed by atoms with E-state index in [1.165, 1.54) is 0 Å². The fourth-order valence-electron chi connectivity index (χ4n) is 2.34. The van der Waals surface area contributed by atoms with Crippen molar-refractivity contribution in [3.05, 3.63) is 71.3 Å². The highest BCUT2D eigenvalue weighted by molar-refractivity contribution is 5.94. The highest BCUT2D eigenvalue weighted by Gasteiger charge is 2.07. The average molecular weight is 354 g/mol. The zero-order valence-corrected chi connectivity index (χ0v) is 15.3. The van der Waals surface area contributed by atoms with Crippen molar-refractivity contribution < 1.29 is 14.3 Å². The third-order valence-electron chi connectivity index (χ3n) is 3.76. The monoisotopic (exact) mass is 354 g/mol. The van der Waals surface area contributed by atoms with Crippen molar-refractivity contribution in [2.75, 3.05) is 13.2 Å². The van der Waals surface area contributed by atoms with E-state index < -0.39 is 0 Å². The topological polar surface area (TPSA) is 67.4 Å². The fourth-order valence-corrected chi connectivity index (χ4v) is 2.34. The highest BCUT2D eigenvalue weighted by atomic mass is 16.5. The van der Waals surface area contributed by atoms with Crippen molar-refractivity contribution in [3.8, 4) is 0 Å². The minimum atomic E-state index is -0.115. The van der Waals surface area contributed by atoms with Crippen molar-refractivity contribution >= 4 is 11.8 Å². The fraction of sp³-hybridized carbons (Fsp3) is 0.333. The number of benzene rings is 2. The second-order valence-electron chi connectivity index (χ2n) is 6.27. The van der Waals surface area contributed by atoms with E-state index >= 15 is 0 Å². The van der Waals surface area contributed by atoms with Gasteiger partial charge >= 0.3 is 0 Å². The van der Waals surface area contributed by atoms with Gasteiger partial charge in [0.2, 0.25) is 0 Å². The van der Waals surface area contributed by atoms with Crippen LogP contribution in [0.15, 0.2) is 54.6 Å². The number of hydrogen-bond acceptors (Lipinski definition) is 3. The molecule has 0 aliphatic carbocycles. The number of hydrogen-bond donors (Lipinski definition) is 2. The van der Waals surface area contributed by atoms with E-state index in [1.807, 2.05) is 44.2 Å². The quantitative estimate of drug-likeness (QED) is 0.680. The molecule has 0 aromatic heterocycles. The molecule has 2 aromatic carbocycles. The minimum Gasteiger partial charge on any atom is -0.379 e. The first-order chi connectivity index (χ1) is 12.6. The summed E-state index contributed by atoms with van der Waals surface area (Å²) in [5.74, 6) is -0.217. The number of carbonyl (C=O) groups is 2. The molecule has 5 nitrogen and oxygen atoms in total. The molecular weight excluding hydrogens is 328 g/mol. The number of carbonyl (C=O) groups excluding carboxylic acids is 2. The van der Waals surface area contributed by atoms with Gasteiger partial charge in [-0.25, -0.2) is 0 Å². The molecule has 0 aliphatic rings. The summed E-state index contributed by atoms with van der Waals surface area (Å²) in [7, 11) is 0. The lowest BCUT2D eigenvalue weighted by Gasteiger charge is -2.09. The van der Waals surface area contributed by atoms with Gasteiger partial charge in [-0.3, -0.25) is 9.59 Å². The summed E-state index contributed by atoms with van der Waals surface area (Å²) in [6, 6.07) is 16.3. The van der Waals surface area contributed by atoms with E-state index in [9.17, 15) is 9.59 Å². The molecule has 138 valence electrons. The first kappa shape index (κ1) is 19.7. The summed E-state index contributed by atoms with van der Waals surface area (Å²) >= 11 is 0. The van der Waals surface area contributed by atoms with Gasteiger partial charge in [0, 0.05) is 30.8 Å². The molecule has 0 aliphatic heterocycles. The van der Waals surface area contributed by atoms with Crippen LogP contribution in [0.25, 0.3) is 0 Å². The first-order valence-corrected chi connectivity index (χ1v) is 8.88. The Labute approximate surface area is 154 Å². The number of ether oxygens (including phenoxy) is 1. The van der Waals surface area contributed by atoms with E-state index in [4.69, 9.17) is 4.74 Å². The van der Waals surface area contributed by atoms with Crippen LogP contribution in [-0.4, -0.2) is 31.1 Å².